The Labute approximate surface area is 107 Å². The van der Waals surface area contributed by atoms with Crippen molar-refractivity contribution in [3.05, 3.63) is 24.0 Å². The number of ether oxygens (including phenoxy) is 1. The minimum absolute atomic E-state index is 0.0581. The molecule has 1 fully saturated rings. The molecule has 2 N–H and O–H groups in total. The van der Waals surface area contributed by atoms with Crippen molar-refractivity contribution >= 4 is 11.8 Å². The molecule has 1 aliphatic rings. The highest BCUT2D eigenvalue weighted by atomic mass is 32.2. The van der Waals surface area contributed by atoms with Gasteiger partial charge >= 0.3 is 0 Å². The van der Waals surface area contributed by atoms with Crippen molar-refractivity contribution in [1.29, 1.82) is 0 Å². The summed E-state index contributed by atoms with van der Waals surface area (Å²) in [5.41, 5.74) is 6.92. The third kappa shape index (κ3) is 3.21. The summed E-state index contributed by atoms with van der Waals surface area (Å²) >= 11 is 1.86. The van der Waals surface area contributed by atoms with Crippen LogP contribution in [0.1, 0.15) is 38.4 Å². The lowest BCUT2D eigenvalue weighted by molar-refractivity contribution is 0.127. The van der Waals surface area contributed by atoms with Crippen molar-refractivity contribution in [2.75, 3.05) is 6.61 Å². The standard InChI is InChI=1S/C13H20N2OS/c1-3-11(14)12-5-4-10(8-15-12)17-13-6-7-16-9(13)2/h4-5,8-9,11,13H,3,6-7,14H2,1-2H3. The molecule has 1 aromatic rings. The van der Waals surface area contributed by atoms with Crippen molar-refractivity contribution in [1.82, 2.24) is 4.98 Å². The highest BCUT2D eigenvalue weighted by Gasteiger charge is 2.25. The summed E-state index contributed by atoms with van der Waals surface area (Å²) in [7, 11) is 0. The fraction of sp³-hybridized carbons (Fsp3) is 0.615. The second-order valence-corrected chi connectivity index (χ2v) is 5.77. The molecule has 3 nitrogen and oxygen atoms in total. The summed E-state index contributed by atoms with van der Waals surface area (Å²) in [5.74, 6) is 0. The summed E-state index contributed by atoms with van der Waals surface area (Å²) in [5, 5.41) is 0.558. The first kappa shape index (κ1) is 12.9. The Bertz CT molecular complexity index is 355. The van der Waals surface area contributed by atoms with Crippen LogP contribution in [0.5, 0.6) is 0 Å². The van der Waals surface area contributed by atoms with Crippen molar-refractivity contribution in [2.24, 2.45) is 5.73 Å². The first-order chi connectivity index (χ1) is 8.20. The van der Waals surface area contributed by atoms with Crippen LogP contribution in [0.25, 0.3) is 0 Å². The van der Waals surface area contributed by atoms with E-state index >= 15 is 0 Å². The normalized spacial score (nSPS) is 26.1. The molecule has 4 heteroatoms. The van der Waals surface area contributed by atoms with Crippen molar-refractivity contribution in [2.45, 2.75) is 49.0 Å². The van der Waals surface area contributed by atoms with E-state index in [4.69, 9.17) is 10.5 Å². The van der Waals surface area contributed by atoms with Gasteiger partial charge in [0.2, 0.25) is 0 Å². The number of pyridine rings is 1. The first-order valence-electron chi connectivity index (χ1n) is 6.20. The van der Waals surface area contributed by atoms with Gasteiger partial charge in [0.15, 0.2) is 0 Å². The van der Waals surface area contributed by atoms with E-state index < -0.39 is 0 Å². The predicted octanol–water partition coefficient (Wildman–Crippen LogP) is 2.76. The second kappa shape index (κ2) is 5.85. The van der Waals surface area contributed by atoms with E-state index in [1.54, 1.807) is 0 Å². The zero-order valence-electron chi connectivity index (χ0n) is 10.4. The smallest absolute Gasteiger partial charge is 0.0669 e. The van der Waals surface area contributed by atoms with Crippen LogP contribution >= 0.6 is 11.8 Å². The molecule has 94 valence electrons. The van der Waals surface area contributed by atoms with Crippen LogP contribution in [0.3, 0.4) is 0 Å². The number of thioether (sulfide) groups is 1. The largest absolute Gasteiger partial charge is 0.377 e. The zero-order valence-corrected chi connectivity index (χ0v) is 11.2. The predicted molar refractivity (Wildman–Crippen MR) is 71.1 cm³/mol. The lowest BCUT2D eigenvalue weighted by Gasteiger charge is -2.14. The van der Waals surface area contributed by atoms with E-state index in [0.717, 1.165) is 25.1 Å². The highest BCUT2D eigenvalue weighted by Crippen LogP contribution is 2.32. The number of hydrogen-bond donors (Lipinski definition) is 1. The monoisotopic (exact) mass is 252 g/mol. The topological polar surface area (TPSA) is 48.1 Å². The fourth-order valence-electron chi connectivity index (χ4n) is 1.93. The molecule has 0 bridgehead atoms. The van der Waals surface area contributed by atoms with Crippen LogP contribution in [0.2, 0.25) is 0 Å². The summed E-state index contributed by atoms with van der Waals surface area (Å²) < 4.78 is 5.56. The second-order valence-electron chi connectivity index (χ2n) is 4.45. The van der Waals surface area contributed by atoms with Crippen molar-refractivity contribution < 1.29 is 4.74 Å². The maximum absolute atomic E-state index is 5.94. The van der Waals surface area contributed by atoms with Crippen LogP contribution in [0.4, 0.5) is 0 Å². The van der Waals surface area contributed by atoms with Gasteiger partial charge in [-0.2, -0.15) is 0 Å². The number of hydrogen-bond acceptors (Lipinski definition) is 4. The molecule has 1 saturated heterocycles. The third-order valence-corrected chi connectivity index (χ3v) is 4.61. The molecule has 2 heterocycles. The Hall–Kier alpha value is -0.580. The quantitative estimate of drug-likeness (QED) is 0.895. The van der Waals surface area contributed by atoms with Crippen LogP contribution in [-0.4, -0.2) is 22.9 Å². The molecular formula is C13H20N2OS. The van der Waals surface area contributed by atoms with Gasteiger partial charge in [0, 0.05) is 29.0 Å². The minimum atomic E-state index is 0.0581. The van der Waals surface area contributed by atoms with Gasteiger partial charge in [-0.05, 0) is 31.9 Å². The third-order valence-electron chi connectivity index (χ3n) is 3.17. The van der Waals surface area contributed by atoms with Gasteiger partial charge < -0.3 is 10.5 Å². The SMILES string of the molecule is CCC(N)c1ccc(SC2CCOC2C)cn1. The maximum Gasteiger partial charge on any atom is 0.0669 e. The average molecular weight is 252 g/mol. The minimum Gasteiger partial charge on any atom is -0.377 e. The summed E-state index contributed by atoms with van der Waals surface area (Å²) in [4.78, 5) is 5.64. The van der Waals surface area contributed by atoms with E-state index in [1.807, 2.05) is 24.0 Å². The molecule has 17 heavy (non-hydrogen) atoms. The van der Waals surface area contributed by atoms with Gasteiger partial charge in [-0.15, -0.1) is 11.8 Å². The zero-order chi connectivity index (χ0) is 12.3. The molecule has 0 spiro atoms. The molecular weight excluding hydrogens is 232 g/mol. The molecule has 0 aliphatic carbocycles. The molecule has 3 atom stereocenters. The molecule has 3 unspecified atom stereocenters. The first-order valence-corrected chi connectivity index (χ1v) is 7.08. The molecule has 0 saturated carbocycles. The molecule has 2 rings (SSSR count). The van der Waals surface area contributed by atoms with Crippen molar-refractivity contribution in [3.63, 3.8) is 0 Å². The highest BCUT2D eigenvalue weighted by molar-refractivity contribution is 8.00. The van der Waals surface area contributed by atoms with E-state index in [2.05, 4.69) is 24.9 Å². The van der Waals surface area contributed by atoms with Crippen LogP contribution in [0.15, 0.2) is 23.2 Å². The van der Waals surface area contributed by atoms with E-state index in [-0.39, 0.29) is 6.04 Å². The van der Waals surface area contributed by atoms with Crippen LogP contribution in [-0.2, 0) is 4.74 Å². The molecule has 0 aromatic carbocycles. The Morgan fingerprint density at radius 2 is 2.41 bits per heavy atom. The average Bonchev–Trinajstić information content (AvgIpc) is 2.75. The Kier molecular flexibility index (Phi) is 4.42. The lowest BCUT2D eigenvalue weighted by Crippen LogP contribution is -2.13. The maximum atomic E-state index is 5.94. The Morgan fingerprint density at radius 3 is 2.94 bits per heavy atom. The number of nitrogens with two attached hydrogens (primary N) is 1. The van der Waals surface area contributed by atoms with Crippen LogP contribution < -0.4 is 5.73 Å². The van der Waals surface area contributed by atoms with Gasteiger partial charge in [0.25, 0.3) is 0 Å². The Morgan fingerprint density at radius 1 is 1.59 bits per heavy atom. The summed E-state index contributed by atoms with van der Waals surface area (Å²) in [6.07, 6.45) is 4.33. The van der Waals surface area contributed by atoms with E-state index in [1.165, 1.54) is 4.90 Å². The van der Waals surface area contributed by atoms with Gasteiger partial charge in [0.05, 0.1) is 11.8 Å². The van der Waals surface area contributed by atoms with Gasteiger partial charge in [-0.3, -0.25) is 4.98 Å². The van der Waals surface area contributed by atoms with E-state index in [0.29, 0.717) is 11.4 Å². The van der Waals surface area contributed by atoms with Gasteiger partial charge in [0.1, 0.15) is 0 Å². The fourth-order valence-corrected chi connectivity index (χ4v) is 3.03. The molecule has 0 radical (unpaired) electrons. The Balaban J connectivity index is 1.98. The van der Waals surface area contributed by atoms with Gasteiger partial charge in [-0.25, -0.2) is 0 Å². The number of aromatic nitrogens is 1. The summed E-state index contributed by atoms with van der Waals surface area (Å²) in [6, 6.07) is 4.22. The number of nitrogens with zero attached hydrogens (tertiary/aromatic N) is 1. The molecule has 0 amide bonds. The number of rotatable bonds is 4. The molecule has 1 aromatic heterocycles. The van der Waals surface area contributed by atoms with Crippen LogP contribution in [0, 0.1) is 0 Å². The van der Waals surface area contributed by atoms with Gasteiger partial charge in [-0.1, -0.05) is 6.92 Å². The molecule has 1 aliphatic heterocycles. The van der Waals surface area contributed by atoms with E-state index in [9.17, 15) is 0 Å². The lowest BCUT2D eigenvalue weighted by atomic mass is 10.1. The van der Waals surface area contributed by atoms with Crippen molar-refractivity contribution in [3.8, 4) is 0 Å². The summed E-state index contributed by atoms with van der Waals surface area (Å²) in [6.45, 7) is 5.09.